The Morgan fingerprint density at radius 1 is 1.20 bits per heavy atom. The van der Waals surface area contributed by atoms with Crippen LogP contribution in [-0.2, 0) is 6.54 Å². The molecular formula is C15H13BrClF2N. The van der Waals surface area contributed by atoms with Crippen molar-refractivity contribution in [2.24, 2.45) is 0 Å². The molecule has 0 aliphatic rings. The molecule has 106 valence electrons. The lowest BCUT2D eigenvalue weighted by Crippen LogP contribution is -2.20. The normalized spacial score (nSPS) is 12.4. The molecule has 2 aromatic carbocycles. The Morgan fingerprint density at radius 2 is 1.85 bits per heavy atom. The number of benzene rings is 2. The monoisotopic (exact) mass is 359 g/mol. The van der Waals surface area contributed by atoms with Gasteiger partial charge in [-0.2, -0.15) is 0 Å². The fraction of sp³-hybridized carbons (Fsp3) is 0.200. The number of hydrogen-bond donors (Lipinski definition) is 1. The Bertz CT molecular complexity index is 599. The standard InChI is InChI=1S/C15H13BrClF2N/c1-9(15-13(18)3-2-4-14(15)19)20-8-10-5-6-11(16)12(17)7-10/h2-7,9,20H,8H2,1H3. The second-order valence-corrected chi connectivity index (χ2v) is 5.75. The van der Waals surface area contributed by atoms with Crippen LogP contribution in [0.3, 0.4) is 0 Å². The molecule has 0 radical (unpaired) electrons. The van der Waals surface area contributed by atoms with Gasteiger partial charge in [0.15, 0.2) is 0 Å². The van der Waals surface area contributed by atoms with E-state index in [1.807, 2.05) is 18.2 Å². The molecule has 2 rings (SSSR count). The first-order valence-electron chi connectivity index (χ1n) is 6.10. The minimum absolute atomic E-state index is 0.0516. The Labute approximate surface area is 130 Å². The summed E-state index contributed by atoms with van der Waals surface area (Å²) >= 11 is 9.32. The Kier molecular flexibility index (Phi) is 5.13. The van der Waals surface area contributed by atoms with Crippen LogP contribution in [0.2, 0.25) is 5.02 Å². The van der Waals surface area contributed by atoms with Gasteiger partial charge in [-0.3, -0.25) is 0 Å². The third-order valence-electron chi connectivity index (χ3n) is 3.03. The van der Waals surface area contributed by atoms with Gasteiger partial charge in [-0.15, -0.1) is 0 Å². The van der Waals surface area contributed by atoms with Crippen LogP contribution in [-0.4, -0.2) is 0 Å². The summed E-state index contributed by atoms with van der Waals surface area (Å²) in [6, 6.07) is 8.98. The molecule has 0 aromatic heterocycles. The van der Waals surface area contributed by atoms with Gasteiger partial charge in [-0.05, 0) is 52.7 Å². The van der Waals surface area contributed by atoms with E-state index in [1.165, 1.54) is 18.2 Å². The van der Waals surface area contributed by atoms with E-state index in [4.69, 9.17) is 11.6 Å². The second kappa shape index (κ2) is 6.66. The highest BCUT2D eigenvalue weighted by atomic mass is 79.9. The highest BCUT2D eigenvalue weighted by Gasteiger charge is 2.15. The van der Waals surface area contributed by atoms with E-state index in [2.05, 4.69) is 21.2 Å². The summed E-state index contributed by atoms with van der Waals surface area (Å²) in [7, 11) is 0. The topological polar surface area (TPSA) is 12.0 Å². The predicted molar refractivity (Wildman–Crippen MR) is 80.8 cm³/mol. The molecule has 1 nitrogen and oxygen atoms in total. The Hall–Kier alpha value is -0.970. The largest absolute Gasteiger partial charge is 0.306 e. The van der Waals surface area contributed by atoms with Crippen LogP contribution in [0.1, 0.15) is 24.1 Å². The molecule has 0 heterocycles. The average Bonchev–Trinajstić information content (AvgIpc) is 2.40. The smallest absolute Gasteiger partial charge is 0.130 e. The van der Waals surface area contributed by atoms with Crippen molar-refractivity contribution in [1.82, 2.24) is 5.32 Å². The van der Waals surface area contributed by atoms with E-state index in [0.717, 1.165) is 10.0 Å². The van der Waals surface area contributed by atoms with Crippen LogP contribution in [0.5, 0.6) is 0 Å². The third kappa shape index (κ3) is 3.57. The van der Waals surface area contributed by atoms with Crippen molar-refractivity contribution in [1.29, 1.82) is 0 Å². The molecule has 0 aliphatic heterocycles. The minimum atomic E-state index is -0.543. The maximum Gasteiger partial charge on any atom is 0.130 e. The minimum Gasteiger partial charge on any atom is -0.306 e. The SMILES string of the molecule is CC(NCc1ccc(Br)c(Cl)c1)c1c(F)cccc1F. The first-order chi connectivity index (χ1) is 9.49. The van der Waals surface area contributed by atoms with E-state index in [9.17, 15) is 8.78 Å². The fourth-order valence-corrected chi connectivity index (χ4v) is 2.40. The lowest BCUT2D eigenvalue weighted by molar-refractivity contribution is 0.487. The summed E-state index contributed by atoms with van der Waals surface area (Å²) in [5.41, 5.74) is 0.998. The number of rotatable bonds is 4. The first kappa shape index (κ1) is 15.4. The van der Waals surface area contributed by atoms with E-state index in [-0.39, 0.29) is 5.56 Å². The summed E-state index contributed by atoms with van der Waals surface area (Å²) in [6.07, 6.45) is 0. The zero-order valence-corrected chi connectivity index (χ0v) is 13.1. The van der Waals surface area contributed by atoms with E-state index < -0.39 is 17.7 Å². The van der Waals surface area contributed by atoms with Gasteiger partial charge in [-0.1, -0.05) is 23.7 Å². The molecular weight excluding hydrogens is 348 g/mol. The average molecular weight is 361 g/mol. The van der Waals surface area contributed by atoms with Crippen molar-refractivity contribution in [2.45, 2.75) is 19.5 Å². The van der Waals surface area contributed by atoms with Crippen molar-refractivity contribution in [2.75, 3.05) is 0 Å². The summed E-state index contributed by atoms with van der Waals surface area (Å²) in [5, 5.41) is 3.70. The lowest BCUT2D eigenvalue weighted by Gasteiger charge is -2.16. The van der Waals surface area contributed by atoms with Crippen LogP contribution in [0.25, 0.3) is 0 Å². The summed E-state index contributed by atoms with van der Waals surface area (Å²) in [5.74, 6) is -1.09. The van der Waals surface area contributed by atoms with E-state index in [0.29, 0.717) is 11.6 Å². The van der Waals surface area contributed by atoms with Crippen LogP contribution < -0.4 is 5.32 Å². The molecule has 0 amide bonds. The molecule has 0 saturated carbocycles. The number of hydrogen-bond acceptors (Lipinski definition) is 1. The van der Waals surface area contributed by atoms with Gasteiger partial charge in [-0.25, -0.2) is 8.78 Å². The number of nitrogens with one attached hydrogen (secondary N) is 1. The molecule has 2 aromatic rings. The zero-order valence-electron chi connectivity index (χ0n) is 10.8. The Morgan fingerprint density at radius 3 is 2.45 bits per heavy atom. The van der Waals surface area contributed by atoms with E-state index in [1.54, 1.807) is 6.92 Å². The second-order valence-electron chi connectivity index (χ2n) is 4.49. The maximum atomic E-state index is 13.6. The van der Waals surface area contributed by atoms with Gasteiger partial charge in [0.1, 0.15) is 11.6 Å². The van der Waals surface area contributed by atoms with Gasteiger partial charge in [0.25, 0.3) is 0 Å². The molecule has 0 saturated heterocycles. The first-order valence-corrected chi connectivity index (χ1v) is 7.27. The molecule has 0 aliphatic carbocycles. The van der Waals surface area contributed by atoms with Gasteiger partial charge in [0.2, 0.25) is 0 Å². The van der Waals surface area contributed by atoms with Crippen LogP contribution in [0, 0.1) is 11.6 Å². The van der Waals surface area contributed by atoms with Crippen molar-refractivity contribution >= 4 is 27.5 Å². The van der Waals surface area contributed by atoms with Gasteiger partial charge >= 0.3 is 0 Å². The highest BCUT2D eigenvalue weighted by molar-refractivity contribution is 9.10. The third-order valence-corrected chi connectivity index (χ3v) is 4.26. The Balaban J connectivity index is 2.08. The quantitative estimate of drug-likeness (QED) is 0.787. The molecule has 1 atom stereocenters. The van der Waals surface area contributed by atoms with Crippen molar-refractivity contribution in [3.8, 4) is 0 Å². The summed E-state index contributed by atoms with van der Waals surface area (Å²) in [6.45, 7) is 2.20. The van der Waals surface area contributed by atoms with Crippen molar-refractivity contribution in [3.63, 3.8) is 0 Å². The fourth-order valence-electron chi connectivity index (χ4n) is 1.95. The molecule has 20 heavy (non-hydrogen) atoms. The molecule has 5 heteroatoms. The van der Waals surface area contributed by atoms with Crippen molar-refractivity contribution < 1.29 is 8.78 Å². The van der Waals surface area contributed by atoms with E-state index >= 15 is 0 Å². The highest BCUT2D eigenvalue weighted by Crippen LogP contribution is 2.24. The summed E-state index contributed by atoms with van der Waals surface area (Å²) < 4.78 is 28.1. The molecule has 0 fully saturated rings. The molecule has 0 bridgehead atoms. The molecule has 1 N–H and O–H groups in total. The lowest BCUT2D eigenvalue weighted by atomic mass is 10.1. The summed E-state index contributed by atoms with van der Waals surface area (Å²) in [4.78, 5) is 0. The van der Waals surface area contributed by atoms with Crippen molar-refractivity contribution in [3.05, 3.63) is 68.7 Å². The van der Waals surface area contributed by atoms with Crippen LogP contribution in [0.15, 0.2) is 40.9 Å². The molecule has 1 unspecified atom stereocenters. The van der Waals surface area contributed by atoms with Crippen LogP contribution in [0.4, 0.5) is 8.78 Å². The zero-order chi connectivity index (χ0) is 14.7. The predicted octanol–water partition coefficient (Wildman–Crippen LogP) is 5.23. The van der Waals surface area contributed by atoms with Gasteiger partial charge in [0.05, 0.1) is 5.02 Å². The molecule has 0 spiro atoms. The van der Waals surface area contributed by atoms with Gasteiger partial charge < -0.3 is 5.32 Å². The number of halogens is 4. The van der Waals surface area contributed by atoms with Crippen LogP contribution >= 0.6 is 27.5 Å². The maximum absolute atomic E-state index is 13.6. The van der Waals surface area contributed by atoms with Gasteiger partial charge in [0, 0.05) is 22.6 Å².